The zero-order valence-corrected chi connectivity index (χ0v) is 13.0. The van der Waals surface area contributed by atoms with Crippen LogP contribution in [-0.4, -0.2) is 10.5 Å². The molecule has 1 aromatic carbocycles. The third kappa shape index (κ3) is 3.66. The molecule has 2 rings (SSSR count). The SMILES string of the molecule is CC1CCC(C(C)(C)Cc2ccc(O)cc2)C(Cl)C1. The average Bonchev–Trinajstić information content (AvgIpc) is 2.31. The lowest BCUT2D eigenvalue weighted by Gasteiger charge is -2.42. The van der Waals surface area contributed by atoms with Gasteiger partial charge in [0.25, 0.3) is 0 Å². The van der Waals surface area contributed by atoms with Crippen molar-refractivity contribution in [3.05, 3.63) is 29.8 Å². The second kappa shape index (κ2) is 5.75. The van der Waals surface area contributed by atoms with Crippen LogP contribution in [0.2, 0.25) is 0 Å². The van der Waals surface area contributed by atoms with E-state index in [-0.39, 0.29) is 5.41 Å². The van der Waals surface area contributed by atoms with Crippen LogP contribution in [0.25, 0.3) is 0 Å². The summed E-state index contributed by atoms with van der Waals surface area (Å²) in [7, 11) is 0. The third-order valence-corrected chi connectivity index (χ3v) is 5.12. The lowest BCUT2D eigenvalue weighted by atomic mass is 9.66. The van der Waals surface area contributed by atoms with Crippen LogP contribution in [0.1, 0.15) is 45.6 Å². The van der Waals surface area contributed by atoms with Crippen LogP contribution in [0.15, 0.2) is 24.3 Å². The maximum Gasteiger partial charge on any atom is 0.115 e. The van der Waals surface area contributed by atoms with Gasteiger partial charge in [0.1, 0.15) is 5.75 Å². The topological polar surface area (TPSA) is 20.2 Å². The van der Waals surface area contributed by atoms with Crippen LogP contribution in [0, 0.1) is 17.3 Å². The van der Waals surface area contributed by atoms with Crippen molar-refractivity contribution >= 4 is 11.6 Å². The molecule has 0 aliphatic heterocycles. The molecule has 1 nitrogen and oxygen atoms in total. The largest absolute Gasteiger partial charge is 0.508 e. The van der Waals surface area contributed by atoms with Crippen molar-refractivity contribution in [3.63, 3.8) is 0 Å². The first-order chi connectivity index (χ1) is 8.88. The zero-order valence-electron chi connectivity index (χ0n) is 12.2. The van der Waals surface area contributed by atoms with Gasteiger partial charge in [-0.1, -0.05) is 39.3 Å². The maximum absolute atomic E-state index is 9.35. The summed E-state index contributed by atoms with van der Waals surface area (Å²) < 4.78 is 0. The number of halogens is 1. The number of hydrogen-bond acceptors (Lipinski definition) is 1. The quantitative estimate of drug-likeness (QED) is 0.772. The summed E-state index contributed by atoms with van der Waals surface area (Å²) in [6.45, 7) is 6.96. The fraction of sp³-hybridized carbons (Fsp3) is 0.647. The molecule has 0 amide bonds. The van der Waals surface area contributed by atoms with Gasteiger partial charge in [-0.2, -0.15) is 0 Å². The highest BCUT2D eigenvalue weighted by atomic mass is 35.5. The van der Waals surface area contributed by atoms with Gasteiger partial charge >= 0.3 is 0 Å². The van der Waals surface area contributed by atoms with Crippen molar-refractivity contribution in [2.24, 2.45) is 17.3 Å². The molecule has 3 atom stereocenters. The molecule has 106 valence electrons. The summed E-state index contributed by atoms with van der Waals surface area (Å²) in [6.07, 6.45) is 4.70. The number of alkyl halides is 1. The minimum absolute atomic E-state index is 0.212. The number of benzene rings is 1. The molecule has 1 fully saturated rings. The monoisotopic (exact) mass is 280 g/mol. The van der Waals surface area contributed by atoms with Gasteiger partial charge in [-0.25, -0.2) is 0 Å². The van der Waals surface area contributed by atoms with Crippen LogP contribution >= 0.6 is 11.6 Å². The Bertz CT molecular complexity index is 410. The molecular weight excluding hydrogens is 256 g/mol. The van der Waals surface area contributed by atoms with Crippen LogP contribution in [0.4, 0.5) is 0 Å². The van der Waals surface area contributed by atoms with E-state index >= 15 is 0 Å². The van der Waals surface area contributed by atoms with E-state index in [1.54, 1.807) is 12.1 Å². The van der Waals surface area contributed by atoms with Gasteiger partial charge in [0, 0.05) is 5.38 Å². The first-order valence-corrected chi connectivity index (χ1v) is 7.74. The molecule has 1 N–H and O–H groups in total. The highest BCUT2D eigenvalue weighted by Gasteiger charge is 2.37. The van der Waals surface area contributed by atoms with Crippen LogP contribution in [-0.2, 0) is 6.42 Å². The number of phenolic OH excluding ortho intramolecular Hbond substituents is 1. The van der Waals surface area contributed by atoms with E-state index in [0.717, 1.165) is 18.8 Å². The highest BCUT2D eigenvalue weighted by molar-refractivity contribution is 6.20. The summed E-state index contributed by atoms with van der Waals surface area (Å²) in [4.78, 5) is 0. The van der Waals surface area contributed by atoms with Crippen molar-refractivity contribution < 1.29 is 5.11 Å². The number of hydrogen-bond donors (Lipinski definition) is 1. The minimum atomic E-state index is 0.212. The van der Waals surface area contributed by atoms with Crippen LogP contribution in [0.5, 0.6) is 5.75 Å². The number of aromatic hydroxyl groups is 1. The molecule has 1 aromatic rings. The Morgan fingerprint density at radius 1 is 1.21 bits per heavy atom. The summed E-state index contributed by atoms with van der Waals surface area (Å²) in [5.74, 6) is 1.69. The lowest BCUT2D eigenvalue weighted by molar-refractivity contribution is 0.142. The average molecular weight is 281 g/mol. The summed E-state index contributed by atoms with van der Waals surface area (Å²) in [6, 6.07) is 7.58. The summed E-state index contributed by atoms with van der Waals surface area (Å²) >= 11 is 6.61. The first-order valence-electron chi connectivity index (χ1n) is 7.30. The zero-order chi connectivity index (χ0) is 14.0. The van der Waals surface area contributed by atoms with Gasteiger partial charge in [0.2, 0.25) is 0 Å². The molecule has 1 aliphatic rings. The molecule has 1 saturated carbocycles. The minimum Gasteiger partial charge on any atom is -0.508 e. The summed E-state index contributed by atoms with van der Waals surface area (Å²) in [5, 5.41) is 9.66. The van der Waals surface area contributed by atoms with E-state index in [9.17, 15) is 5.11 Å². The van der Waals surface area contributed by atoms with E-state index < -0.39 is 0 Å². The van der Waals surface area contributed by atoms with Gasteiger partial charge in [-0.15, -0.1) is 11.6 Å². The first kappa shape index (κ1) is 14.7. The van der Waals surface area contributed by atoms with Gasteiger partial charge in [-0.05, 0) is 54.2 Å². The van der Waals surface area contributed by atoms with Crippen LogP contribution < -0.4 is 0 Å². The van der Waals surface area contributed by atoms with Gasteiger partial charge < -0.3 is 5.11 Å². The lowest BCUT2D eigenvalue weighted by Crippen LogP contribution is -2.37. The van der Waals surface area contributed by atoms with E-state index in [2.05, 4.69) is 20.8 Å². The van der Waals surface area contributed by atoms with Gasteiger partial charge in [-0.3, -0.25) is 0 Å². The summed E-state index contributed by atoms with van der Waals surface area (Å²) in [5.41, 5.74) is 1.49. The number of rotatable bonds is 3. The fourth-order valence-corrected chi connectivity index (χ4v) is 4.23. The molecule has 0 radical (unpaired) electrons. The molecule has 0 spiro atoms. The standard InChI is InChI=1S/C17H25ClO/c1-12-4-9-15(16(18)10-12)17(2,3)11-13-5-7-14(19)8-6-13/h5-8,12,15-16,19H,4,9-11H2,1-3H3. The molecule has 1 aliphatic carbocycles. The predicted octanol–water partition coefficient (Wildman–Crippen LogP) is 5.00. The van der Waals surface area contributed by atoms with Crippen molar-refractivity contribution in [1.82, 2.24) is 0 Å². The van der Waals surface area contributed by atoms with E-state index in [0.29, 0.717) is 17.0 Å². The molecule has 0 saturated heterocycles. The Labute approximate surface area is 122 Å². The Morgan fingerprint density at radius 2 is 1.84 bits per heavy atom. The highest BCUT2D eigenvalue weighted by Crippen LogP contribution is 2.44. The molecule has 19 heavy (non-hydrogen) atoms. The second-order valence-corrected chi connectivity index (χ2v) is 7.43. The van der Waals surface area contributed by atoms with E-state index in [1.165, 1.54) is 18.4 Å². The maximum atomic E-state index is 9.35. The van der Waals surface area contributed by atoms with Gasteiger partial charge in [0.15, 0.2) is 0 Å². The molecular formula is C17H25ClO. The Balaban J connectivity index is 2.07. The predicted molar refractivity (Wildman–Crippen MR) is 81.7 cm³/mol. The van der Waals surface area contributed by atoms with Crippen molar-refractivity contribution in [2.45, 2.75) is 51.8 Å². The number of phenols is 1. The smallest absolute Gasteiger partial charge is 0.115 e. The fourth-order valence-electron chi connectivity index (χ4n) is 3.46. The molecule has 2 heteroatoms. The van der Waals surface area contributed by atoms with Crippen molar-refractivity contribution in [3.8, 4) is 5.75 Å². The normalized spacial score (nSPS) is 28.3. The van der Waals surface area contributed by atoms with Gasteiger partial charge in [0.05, 0.1) is 0 Å². The van der Waals surface area contributed by atoms with Crippen LogP contribution in [0.3, 0.4) is 0 Å². The van der Waals surface area contributed by atoms with E-state index in [1.807, 2.05) is 12.1 Å². The Morgan fingerprint density at radius 3 is 2.42 bits per heavy atom. The van der Waals surface area contributed by atoms with Crippen molar-refractivity contribution in [1.29, 1.82) is 0 Å². The second-order valence-electron chi connectivity index (χ2n) is 6.87. The van der Waals surface area contributed by atoms with Crippen molar-refractivity contribution in [2.75, 3.05) is 0 Å². The molecule has 0 aromatic heterocycles. The Hall–Kier alpha value is -0.690. The molecule has 0 heterocycles. The van der Waals surface area contributed by atoms with E-state index in [4.69, 9.17) is 11.6 Å². The third-order valence-electron chi connectivity index (χ3n) is 4.63. The Kier molecular flexibility index (Phi) is 4.45. The molecule has 3 unspecified atom stereocenters. The molecule has 0 bridgehead atoms.